The summed E-state index contributed by atoms with van der Waals surface area (Å²) in [5.74, 6) is 0.359. The molecule has 0 radical (unpaired) electrons. The van der Waals surface area contributed by atoms with Crippen LogP contribution in [0, 0.1) is 5.92 Å². The topological polar surface area (TPSA) is 58.8 Å². The van der Waals surface area contributed by atoms with Crippen molar-refractivity contribution >= 4 is 5.97 Å². The molecule has 1 atom stereocenters. The van der Waals surface area contributed by atoms with Crippen LogP contribution in [0.4, 0.5) is 0 Å². The van der Waals surface area contributed by atoms with Crippen molar-refractivity contribution < 1.29 is 9.53 Å². The summed E-state index contributed by atoms with van der Waals surface area (Å²) in [6.45, 7) is 5.58. The summed E-state index contributed by atoms with van der Waals surface area (Å²) in [6, 6.07) is 0. The van der Waals surface area contributed by atoms with Gasteiger partial charge in [0.2, 0.25) is 0 Å². The number of hydrogen-bond acceptors (Lipinski definition) is 5. The third kappa shape index (κ3) is 4.55. The Balaban J connectivity index is 2.37. The van der Waals surface area contributed by atoms with Gasteiger partial charge in [-0.3, -0.25) is 4.79 Å². The molecule has 106 valence electrons. The molecule has 0 spiro atoms. The number of hydrogen-bond donors (Lipinski definition) is 1. The number of nitrogens with two attached hydrogens (primary N) is 1. The molecule has 5 heteroatoms. The Bertz CT molecular complexity index is 273. The first kappa shape index (κ1) is 15.4. The number of rotatable bonds is 5. The summed E-state index contributed by atoms with van der Waals surface area (Å²) in [5, 5.41) is 0. The molecule has 0 aromatic heterocycles. The third-order valence-corrected chi connectivity index (χ3v) is 3.66. The normalized spacial score (nSPS) is 21.9. The number of methoxy groups -OCH3 is 1. The first-order valence-corrected chi connectivity index (χ1v) is 6.59. The zero-order valence-electron chi connectivity index (χ0n) is 12.1. The molecule has 0 aromatic carbocycles. The largest absolute Gasteiger partial charge is 0.468 e. The van der Waals surface area contributed by atoms with Crippen LogP contribution in [-0.2, 0) is 9.53 Å². The zero-order valence-corrected chi connectivity index (χ0v) is 12.1. The minimum absolute atomic E-state index is 0.349. The van der Waals surface area contributed by atoms with E-state index in [0.717, 1.165) is 19.6 Å². The SMILES string of the molecule is COC(=O)C(C)(N)CN(C)CC1CCN(C)CC1. The summed E-state index contributed by atoms with van der Waals surface area (Å²) in [4.78, 5) is 16.0. The highest BCUT2D eigenvalue weighted by Crippen LogP contribution is 2.17. The zero-order chi connectivity index (χ0) is 13.8. The Kier molecular flexibility index (Phi) is 5.56. The first-order valence-electron chi connectivity index (χ1n) is 6.59. The van der Waals surface area contributed by atoms with E-state index in [1.165, 1.54) is 20.0 Å². The quantitative estimate of drug-likeness (QED) is 0.711. The van der Waals surface area contributed by atoms with Crippen molar-refractivity contribution in [2.24, 2.45) is 11.7 Å². The van der Waals surface area contributed by atoms with Crippen molar-refractivity contribution in [3.63, 3.8) is 0 Å². The smallest absolute Gasteiger partial charge is 0.326 e. The molecule has 0 amide bonds. The molecule has 1 fully saturated rings. The summed E-state index contributed by atoms with van der Waals surface area (Å²) in [7, 11) is 5.56. The molecule has 1 aliphatic heterocycles. The molecule has 1 unspecified atom stereocenters. The minimum Gasteiger partial charge on any atom is -0.468 e. The molecule has 0 aromatic rings. The average molecular weight is 257 g/mol. The van der Waals surface area contributed by atoms with Crippen LogP contribution < -0.4 is 5.73 Å². The van der Waals surface area contributed by atoms with E-state index in [-0.39, 0.29) is 5.97 Å². The molecule has 1 rings (SSSR count). The number of likely N-dealkylation sites (tertiary alicyclic amines) is 1. The van der Waals surface area contributed by atoms with Crippen LogP contribution in [-0.4, -0.2) is 68.7 Å². The highest BCUT2D eigenvalue weighted by molar-refractivity contribution is 5.80. The van der Waals surface area contributed by atoms with Crippen molar-refractivity contribution in [3.8, 4) is 0 Å². The van der Waals surface area contributed by atoms with Crippen LogP contribution in [0.3, 0.4) is 0 Å². The maximum atomic E-state index is 11.5. The lowest BCUT2D eigenvalue weighted by molar-refractivity contribution is -0.147. The molecule has 1 heterocycles. The Labute approximate surface area is 110 Å². The monoisotopic (exact) mass is 257 g/mol. The van der Waals surface area contributed by atoms with Gasteiger partial charge in [-0.1, -0.05) is 0 Å². The minimum atomic E-state index is -0.922. The molecule has 0 aliphatic carbocycles. The van der Waals surface area contributed by atoms with Crippen LogP contribution in [0.25, 0.3) is 0 Å². The number of carbonyl (C=O) groups is 1. The van der Waals surface area contributed by atoms with Crippen molar-refractivity contribution in [3.05, 3.63) is 0 Å². The third-order valence-electron chi connectivity index (χ3n) is 3.66. The lowest BCUT2D eigenvalue weighted by Gasteiger charge is -2.34. The number of likely N-dealkylation sites (N-methyl/N-ethyl adjacent to an activating group) is 1. The van der Waals surface area contributed by atoms with Gasteiger partial charge < -0.3 is 20.3 Å². The lowest BCUT2D eigenvalue weighted by atomic mass is 9.95. The van der Waals surface area contributed by atoms with Gasteiger partial charge in [0.15, 0.2) is 0 Å². The van der Waals surface area contributed by atoms with Gasteiger partial charge in [0, 0.05) is 13.1 Å². The number of carbonyl (C=O) groups excluding carboxylic acids is 1. The molecular formula is C13H27N3O2. The summed E-state index contributed by atoms with van der Waals surface area (Å²) in [6.07, 6.45) is 2.45. The van der Waals surface area contributed by atoms with Gasteiger partial charge in [-0.05, 0) is 52.9 Å². The van der Waals surface area contributed by atoms with Gasteiger partial charge in [-0.15, -0.1) is 0 Å². The summed E-state index contributed by atoms with van der Waals surface area (Å²) in [5.41, 5.74) is 5.05. The van der Waals surface area contributed by atoms with E-state index >= 15 is 0 Å². The molecule has 18 heavy (non-hydrogen) atoms. The Morgan fingerprint density at radius 2 is 2.06 bits per heavy atom. The second kappa shape index (κ2) is 6.50. The van der Waals surface area contributed by atoms with Gasteiger partial charge in [-0.2, -0.15) is 0 Å². The number of piperidine rings is 1. The van der Waals surface area contributed by atoms with E-state index in [0.29, 0.717) is 12.5 Å². The van der Waals surface area contributed by atoms with Crippen LogP contribution >= 0.6 is 0 Å². The highest BCUT2D eigenvalue weighted by Gasteiger charge is 2.31. The molecule has 2 N–H and O–H groups in total. The van der Waals surface area contributed by atoms with Crippen molar-refractivity contribution in [2.45, 2.75) is 25.3 Å². The second-order valence-corrected chi connectivity index (χ2v) is 5.85. The van der Waals surface area contributed by atoms with Crippen molar-refractivity contribution in [1.82, 2.24) is 9.80 Å². The van der Waals surface area contributed by atoms with Crippen LogP contribution in [0.15, 0.2) is 0 Å². The molecule has 1 saturated heterocycles. The van der Waals surface area contributed by atoms with Gasteiger partial charge in [0.05, 0.1) is 7.11 Å². The molecular weight excluding hydrogens is 230 g/mol. The molecule has 5 nitrogen and oxygen atoms in total. The van der Waals surface area contributed by atoms with Crippen molar-refractivity contribution in [2.75, 3.05) is 47.4 Å². The fourth-order valence-electron chi connectivity index (χ4n) is 2.61. The Morgan fingerprint density at radius 1 is 1.50 bits per heavy atom. The predicted molar refractivity (Wildman–Crippen MR) is 72.3 cm³/mol. The van der Waals surface area contributed by atoms with E-state index in [1.54, 1.807) is 6.92 Å². The maximum Gasteiger partial charge on any atom is 0.326 e. The van der Waals surface area contributed by atoms with Crippen LogP contribution in [0.1, 0.15) is 19.8 Å². The molecule has 1 aliphatic rings. The molecule has 0 bridgehead atoms. The average Bonchev–Trinajstić information content (AvgIpc) is 2.30. The maximum absolute atomic E-state index is 11.5. The second-order valence-electron chi connectivity index (χ2n) is 5.85. The Hall–Kier alpha value is -0.650. The van der Waals surface area contributed by atoms with E-state index in [9.17, 15) is 4.79 Å². The van der Waals surface area contributed by atoms with Crippen molar-refractivity contribution in [1.29, 1.82) is 0 Å². The fourth-order valence-corrected chi connectivity index (χ4v) is 2.61. The molecule has 0 saturated carbocycles. The predicted octanol–water partition coefficient (Wildman–Crippen LogP) is 0.150. The van der Waals surface area contributed by atoms with Crippen LogP contribution in [0.2, 0.25) is 0 Å². The van der Waals surface area contributed by atoms with E-state index in [2.05, 4.69) is 16.8 Å². The van der Waals surface area contributed by atoms with E-state index in [4.69, 9.17) is 10.5 Å². The standard InChI is InChI=1S/C13H27N3O2/c1-13(14,12(17)18-4)10-16(3)9-11-5-7-15(2)8-6-11/h11H,5-10,14H2,1-4H3. The number of esters is 1. The van der Waals surface area contributed by atoms with Gasteiger partial charge in [-0.25, -0.2) is 0 Å². The first-order chi connectivity index (χ1) is 8.35. The van der Waals surface area contributed by atoms with E-state index < -0.39 is 5.54 Å². The fraction of sp³-hybridized carbons (Fsp3) is 0.923. The summed E-state index contributed by atoms with van der Waals surface area (Å²) >= 11 is 0. The summed E-state index contributed by atoms with van der Waals surface area (Å²) < 4.78 is 4.72. The van der Waals surface area contributed by atoms with E-state index in [1.807, 2.05) is 7.05 Å². The number of nitrogens with zero attached hydrogens (tertiary/aromatic N) is 2. The van der Waals surface area contributed by atoms with Crippen LogP contribution in [0.5, 0.6) is 0 Å². The van der Waals surface area contributed by atoms with Gasteiger partial charge in [0.25, 0.3) is 0 Å². The lowest BCUT2D eigenvalue weighted by Crippen LogP contribution is -2.54. The number of ether oxygens (including phenoxy) is 1. The highest BCUT2D eigenvalue weighted by atomic mass is 16.5. The van der Waals surface area contributed by atoms with Gasteiger partial charge >= 0.3 is 5.97 Å². The van der Waals surface area contributed by atoms with Gasteiger partial charge in [0.1, 0.15) is 5.54 Å². The Morgan fingerprint density at radius 3 is 2.56 bits per heavy atom.